The third-order valence-corrected chi connectivity index (χ3v) is 3.20. The predicted molar refractivity (Wildman–Crippen MR) is 78.2 cm³/mol. The van der Waals surface area contributed by atoms with E-state index in [2.05, 4.69) is 11.9 Å². The van der Waals surface area contributed by atoms with Crippen molar-refractivity contribution in [2.45, 2.75) is 32.7 Å². The van der Waals surface area contributed by atoms with Crippen LogP contribution < -0.4 is 0 Å². The molecule has 0 aliphatic carbocycles. The van der Waals surface area contributed by atoms with Crippen LogP contribution in [-0.4, -0.2) is 22.1 Å². The molecule has 0 aliphatic heterocycles. The Bertz CT molecular complexity index is 549. The monoisotopic (exact) mass is 272 g/mol. The van der Waals surface area contributed by atoms with Crippen molar-refractivity contribution in [2.75, 3.05) is 6.61 Å². The molecule has 1 aromatic heterocycles. The molecule has 4 heteroatoms. The van der Waals surface area contributed by atoms with Gasteiger partial charge >= 0.3 is 5.97 Å². The van der Waals surface area contributed by atoms with Crippen LogP contribution in [0.15, 0.2) is 42.7 Å². The fraction of sp³-hybridized carbons (Fsp3) is 0.375. The summed E-state index contributed by atoms with van der Waals surface area (Å²) in [7, 11) is 0. The van der Waals surface area contributed by atoms with Gasteiger partial charge in [0.25, 0.3) is 0 Å². The van der Waals surface area contributed by atoms with Crippen LogP contribution in [0.5, 0.6) is 0 Å². The second-order valence-electron chi connectivity index (χ2n) is 4.72. The van der Waals surface area contributed by atoms with Crippen LogP contribution in [0.1, 0.15) is 32.7 Å². The fourth-order valence-electron chi connectivity index (χ4n) is 1.99. The van der Waals surface area contributed by atoms with Crippen molar-refractivity contribution >= 4 is 5.97 Å². The Morgan fingerprint density at radius 3 is 2.80 bits per heavy atom. The molecule has 0 saturated heterocycles. The molecule has 0 amide bonds. The van der Waals surface area contributed by atoms with Crippen molar-refractivity contribution in [3.8, 4) is 11.4 Å². The number of nitrogens with zero attached hydrogens (tertiary/aromatic N) is 2. The second-order valence-corrected chi connectivity index (χ2v) is 4.72. The van der Waals surface area contributed by atoms with Crippen molar-refractivity contribution < 1.29 is 9.53 Å². The lowest BCUT2D eigenvalue weighted by atomic mass is 10.2. The van der Waals surface area contributed by atoms with Gasteiger partial charge in [-0.15, -0.1) is 0 Å². The number of imidazole rings is 1. The minimum absolute atomic E-state index is 0.214. The van der Waals surface area contributed by atoms with E-state index in [1.165, 1.54) is 0 Å². The molecule has 20 heavy (non-hydrogen) atoms. The largest absolute Gasteiger partial charge is 0.464 e. The summed E-state index contributed by atoms with van der Waals surface area (Å²) in [5.41, 5.74) is 0.991. The molecular weight excluding hydrogens is 252 g/mol. The highest BCUT2D eigenvalue weighted by molar-refractivity contribution is 5.75. The number of ether oxygens (including phenoxy) is 1. The van der Waals surface area contributed by atoms with E-state index in [4.69, 9.17) is 4.74 Å². The predicted octanol–water partition coefficient (Wildman–Crippen LogP) is 3.45. The SMILES string of the molecule is CCCCOC(=O)C(C)n1ccnc1-c1ccccc1. The fourth-order valence-corrected chi connectivity index (χ4v) is 1.99. The molecule has 0 N–H and O–H groups in total. The Hall–Kier alpha value is -2.10. The first kappa shape index (κ1) is 14.3. The Morgan fingerprint density at radius 2 is 2.10 bits per heavy atom. The average Bonchev–Trinajstić information content (AvgIpc) is 2.97. The number of aromatic nitrogens is 2. The zero-order valence-electron chi connectivity index (χ0n) is 12.0. The summed E-state index contributed by atoms with van der Waals surface area (Å²) in [5.74, 6) is 0.569. The summed E-state index contributed by atoms with van der Waals surface area (Å²) >= 11 is 0. The van der Waals surface area contributed by atoms with Gasteiger partial charge in [-0.3, -0.25) is 0 Å². The molecule has 4 nitrogen and oxygen atoms in total. The van der Waals surface area contributed by atoms with Gasteiger partial charge in [-0.25, -0.2) is 9.78 Å². The number of hydrogen-bond acceptors (Lipinski definition) is 3. The van der Waals surface area contributed by atoms with Gasteiger partial charge in [-0.05, 0) is 13.3 Å². The summed E-state index contributed by atoms with van der Waals surface area (Å²) in [4.78, 5) is 16.4. The lowest BCUT2D eigenvalue weighted by Crippen LogP contribution is -2.20. The van der Waals surface area contributed by atoms with Crippen molar-refractivity contribution in [1.29, 1.82) is 0 Å². The quantitative estimate of drug-likeness (QED) is 0.597. The third-order valence-electron chi connectivity index (χ3n) is 3.20. The Kier molecular flexibility index (Phi) is 4.93. The molecule has 0 fully saturated rings. The zero-order valence-corrected chi connectivity index (χ0v) is 12.0. The van der Waals surface area contributed by atoms with Crippen molar-refractivity contribution in [3.05, 3.63) is 42.7 Å². The highest BCUT2D eigenvalue weighted by atomic mass is 16.5. The van der Waals surface area contributed by atoms with Gasteiger partial charge in [0, 0.05) is 18.0 Å². The molecule has 0 aliphatic rings. The van der Waals surface area contributed by atoms with E-state index in [0.29, 0.717) is 6.61 Å². The van der Waals surface area contributed by atoms with Crippen molar-refractivity contribution in [3.63, 3.8) is 0 Å². The van der Waals surface area contributed by atoms with E-state index in [-0.39, 0.29) is 12.0 Å². The zero-order chi connectivity index (χ0) is 14.4. The van der Waals surface area contributed by atoms with Crippen LogP contribution in [0.3, 0.4) is 0 Å². The van der Waals surface area contributed by atoms with Gasteiger partial charge in [-0.1, -0.05) is 43.7 Å². The number of rotatable bonds is 6. The molecule has 1 heterocycles. The number of carbonyl (C=O) groups is 1. The Morgan fingerprint density at radius 1 is 1.35 bits per heavy atom. The molecule has 2 rings (SSSR count). The van der Waals surface area contributed by atoms with Crippen LogP contribution in [0, 0.1) is 0 Å². The summed E-state index contributed by atoms with van der Waals surface area (Å²) in [5, 5.41) is 0. The molecule has 1 unspecified atom stereocenters. The maximum Gasteiger partial charge on any atom is 0.328 e. The van der Waals surface area contributed by atoms with Gasteiger partial charge in [0.15, 0.2) is 0 Å². The van der Waals surface area contributed by atoms with Gasteiger partial charge in [-0.2, -0.15) is 0 Å². The number of esters is 1. The Balaban J connectivity index is 2.13. The van der Waals surface area contributed by atoms with E-state index in [1.807, 2.05) is 48.0 Å². The lowest BCUT2D eigenvalue weighted by Gasteiger charge is -2.15. The lowest BCUT2D eigenvalue weighted by molar-refractivity contribution is -0.147. The highest BCUT2D eigenvalue weighted by Crippen LogP contribution is 2.21. The Labute approximate surface area is 119 Å². The highest BCUT2D eigenvalue weighted by Gasteiger charge is 2.19. The van der Waals surface area contributed by atoms with E-state index in [1.54, 1.807) is 6.20 Å². The molecule has 0 spiro atoms. The van der Waals surface area contributed by atoms with Crippen molar-refractivity contribution in [1.82, 2.24) is 9.55 Å². The topological polar surface area (TPSA) is 44.1 Å². The van der Waals surface area contributed by atoms with Crippen LogP contribution >= 0.6 is 0 Å². The number of hydrogen-bond donors (Lipinski definition) is 0. The first-order valence-electron chi connectivity index (χ1n) is 6.99. The van der Waals surface area contributed by atoms with Gasteiger partial charge in [0.05, 0.1) is 6.61 Å². The minimum atomic E-state index is -0.371. The number of carbonyl (C=O) groups excluding carboxylic acids is 1. The van der Waals surface area contributed by atoms with Gasteiger partial charge in [0.2, 0.25) is 0 Å². The summed E-state index contributed by atoms with van der Waals surface area (Å²) in [6, 6.07) is 9.46. The van der Waals surface area contributed by atoms with Gasteiger partial charge in [0.1, 0.15) is 11.9 Å². The molecule has 0 saturated carbocycles. The van der Waals surface area contributed by atoms with E-state index in [9.17, 15) is 4.79 Å². The maximum absolute atomic E-state index is 12.0. The molecular formula is C16H20N2O2. The van der Waals surface area contributed by atoms with E-state index in [0.717, 1.165) is 24.2 Å². The van der Waals surface area contributed by atoms with Crippen LogP contribution in [0.4, 0.5) is 0 Å². The normalized spacial score (nSPS) is 12.1. The summed E-state index contributed by atoms with van der Waals surface area (Å²) < 4.78 is 7.12. The van der Waals surface area contributed by atoms with E-state index < -0.39 is 0 Å². The molecule has 2 aromatic rings. The molecule has 0 bridgehead atoms. The second kappa shape index (κ2) is 6.89. The standard InChI is InChI=1S/C16H20N2O2/c1-3-4-12-20-16(19)13(2)18-11-10-17-15(18)14-8-6-5-7-9-14/h5-11,13H,3-4,12H2,1-2H3. The number of benzene rings is 1. The van der Waals surface area contributed by atoms with Crippen LogP contribution in [-0.2, 0) is 9.53 Å². The molecule has 1 atom stereocenters. The van der Waals surface area contributed by atoms with Gasteiger partial charge < -0.3 is 9.30 Å². The summed E-state index contributed by atoms with van der Waals surface area (Å²) in [6.45, 7) is 4.39. The van der Waals surface area contributed by atoms with Crippen molar-refractivity contribution in [2.24, 2.45) is 0 Å². The maximum atomic E-state index is 12.0. The molecule has 106 valence electrons. The summed E-state index contributed by atoms with van der Waals surface area (Å²) in [6.07, 6.45) is 5.43. The minimum Gasteiger partial charge on any atom is -0.464 e. The molecule has 1 aromatic carbocycles. The first-order valence-corrected chi connectivity index (χ1v) is 6.99. The van der Waals surface area contributed by atoms with Crippen LogP contribution in [0.25, 0.3) is 11.4 Å². The third kappa shape index (κ3) is 3.26. The van der Waals surface area contributed by atoms with Crippen LogP contribution in [0.2, 0.25) is 0 Å². The number of unbranched alkanes of at least 4 members (excludes halogenated alkanes) is 1. The first-order chi connectivity index (χ1) is 9.74. The average molecular weight is 272 g/mol. The smallest absolute Gasteiger partial charge is 0.328 e. The van der Waals surface area contributed by atoms with E-state index >= 15 is 0 Å². The molecule has 0 radical (unpaired) electrons.